The molecule has 0 unspecified atom stereocenters. The molecule has 6 rings (SSSR count). The first-order valence-corrected chi connectivity index (χ1v) is 20.2. The number of alkyl carbamates (subject to hydrolysis) is 1. The Bertz CT molecular complexity index is 1770. The van der Waals surface area contributed by atoms with E-state index in [1.807, 2.05) is 48.5 Å². The minimum atomic E-state index is -4.05. The van der Waals surface area contributed by atoms with Gasteiger partial charge in [0, 0.05) is 31.1 Å². The smallest absolute Gasteiger partial charge is 0.407 e. The molecule has 0 aromatic heterocycles. The van der Waals surface area contributed by atoms with Crippen molar-refractivity contribution in [3.8, 4) is 22.6 Å². The molecule has 3 fully saturated rings. The molecule has 280 valence electrons. The first-order valence-electron chi connectivity index (χ1n) is 18.4. The zero-order valence-corrected chi connectivity index (χ0v) is 31.8. The van der Waals surface area contributed by atoms with Gasteiger partial charge in [-0.1, -0.05) is 55.1 Å². The first-order chi connectivity index (χ1) is 24.8. The van der Waals surface area contributed by atoms with Crippen LogP contribution >= 0.6 is 11.6 Å². The fraction of sp³-hybridized carbons (Fsp3) is 0.500. The van der Waals surface area contributed by atoms with Gasteiger partial charge in [-0.2, -0.15) is 4.31 Å². The van der Waals surface area contributed by atoms with Crippen molar-refractivity contribution in [2.45, 2.75) is 101 Å². The molecule has 3 aromatic rings. The molecule has 1 saturated carbocycles. The highest BCUT2D eigenvalue weighted by molar-refractivity contribution is 7.89. The summed E-state index contributed by atoms with van der Waals surface area (Å²) in [5.74, 6) is 1.48. The van der Waals surface area contributed by atoms with E-state index in [0.29, 0.717) is 48.4 Å². The van der Waals surface area contributed by atoms with Gasteiger partial charge in [0.15, 0.2) is 0 Å². The van der Waals surface area contributed by atoms with Crippen LogP contribution in [-0.4, -0.2) is 79.7 Å². The van der Waals surface area contributed by atoms with Gasteiger partial charge in [0.1, 0.15) is 29.2 Å². The number of likely N-dealkylation sites (tertiary alicyclic amines) is 1. The zero-order valence-electron chi connectivity index (χ0n) is 30.3. The van der Waals surface area contributed by atoms with E-state index >= 15 is 0 Å². The summed E-state index contributed by atoms with van der Waals surface area (Å²) < 4.78 is 47.6. The van der Waals surface area contributed by atoms with Crippen LogP contribution in [0.4, 0.5) is 4.79 Å². The summed E-state index contributed by atoms with van der Waals surface area (Å²) in [6, 6.07) is 20.5. The molecular formula is C40H50ClN3O7S. The highest BCUT2D eigenvalue weighted by Crippen LogP contribution is 2.32. The minimum absolute atomic E-state index is 0.110. The monoisotopic (exact) mass is 751 g/mol. The number of hydrogen-bond acceptors (Lipinski definition) is 7. The van der Waals surface area contributed by atoms with Crippen molar-refractivity contribution in [2.75, 3.05) is 26.2 Å². The molecule has 3 aliphatic rings. The highest BCUT2D eigenvalue weighted by Gasteiger charge is 2.44. The fourth-order valence-corrected chi connectivity index (χ4v) is 9.00. The number of amides is 2. The summed E-state index contributed by atoms with van der Waals surface area (Å²) in [7, 11) is -4.05. The van der Waals surface area contributed by atoms with Gasteiger partial charge in [0.2, 0.25) is 15.9 Å². The number of nitrogens with zero attached hydrogens (tertiary/aromatic N) is 2. The highest BCUT2D eigenvalue weighted by atomic mass is 35.5. The lowest BCUT2D eigenvalue weighted by Crippen LogP contribution is -2.56. The summed E-state index contributed by atoms with van der Waals surface area (Å²) in [5.41, 5.74) is 1.38. The van der Waals surface area contributed by atoms with E-state index < -0.39 is 33.9 Å². The van der Waals surface area contributed by atoms with E-state index in [9.17, 15) is 18.0 Å². The standard InChI is InChI=1S/C40H50ClN3O7S/c1-40(2,3)51-39(46)42-32-21-23-43(26-32)38(45)37-25-35(50-34-15-11-30(12-16-34)29-9-13-31(41)14-10-29)22-24-44(37)52(47,48)36-19-17-33(18-20-36)49-27-28-7-5-4-6-8-28/h9-20,28,32,35,37H,4-8,21-27H2,1-3H3,(H,42,46)/t32-,35-,37+/m0/s1. The topological polar surface area (TPSA) is 114 Å². The number of ether oxygens (including phenoxy) is 3. The first kappa shape index (κ1) is 37.9. The number of rotatable bonds is 10. The zero-order chi connectivity index (χ0) is 36.9. The predicted molar refractivity (Wildman–Crippen MR) is 201 cm³/mol. The van der Waals surface area contributed by atoms with E-state index in [-0.39, 0.29) is 36.4 Å². The Kier molecular flexibility index (Phi) is 12.0. The van der Waals surface area contributed by atoms with Gasteiger partial charge in [0.05, 0.1) is 17.5 Å². The van der Waals surface area contributed by atoms with E-state index in [1.54, 1.807) is 49.9 Å². The minimum Gasteiger partial charge on any atom is -0.493 e. The van der Waals surface area contributed by atoms with Crippen LogP contribution in [0.15, 0.2) is 77.7 Å². The molecule has 52 heavy (non-hydrogen) atoms. The second-order valence-corrected chi connectivity index (χ2v) is 17.5. The molecule has 2 saturated heterocycles. The Labute approximate surface area is 312 Å². The second kappa shape index (κ2) is 16.5. The van der Waals surface area contributed by atoms with Crippen molar-refractivity contribution in [3.05, 3.63) is 77.8 Å². The molecule has 2 amide bonds. The fourth-order valence-electron chi connectivity index (χ4n) is 7.27. The maximum atomic E-state index is 14.3. The Morgan fingerprint density at radius 1 is 0.827 bits per heavy atom. The predicted octanol–water partition coefficient (Wildman–Crippen LogP) is 7.69. The van der Waals surface area contributed by atoms with Crippen molar-refractivity contribution in [2.24, 2.45) is 5.92 Å². The van der Waals surface area contributed by atoms with Crippen molar-refractivity contribution in [3.63, 3.8) is 0 Å². The molecule has 0 bridgehead atoms. The van der Waals surface area contributed by atoms with Crippen LogP contribution in [0.1, 0.15) is 72.1 Å². The van der Waals surface area contributed by atoms with Crippen LogP contribution in [0, 0.1) is 5.92 Å². The normalized spacial score (nSPS) is 21.8. The number of sulfonamides is 1. The van der Waals surface area contributed by atoms with Gasteiger partial charge in [-0.15, -0.1) is 0 Å². The molecule has 1 aliphatic carbocycles. The molecule has 0 spiro atoms. The Morgan fingerprint density at radius 2 is 1.46 bits per heavy atom. The van der Waals surface area contributed by atoms with Crippen molar-refractivity contribution >= 4 is 33.6 Å². The number of hydrogen-bond donors (Lipinski definition) is 1. The van der Waals surface area contributed by atoms with Gasteiger partial charge in [-0.25, -0.2) is 13.2 Å². The Morgan fingerprint density at radius 3 is 2.12 bits per heavy atom. The van der Waals surface area contributed by atoms with Crippen LogP contribution < -0.4 is 14.8 Å². The Hall–Kier alpha value is -3.80. The third kappa shape index (κ3) is 9.79. The van der Waals surface area contributed by atoms with Crippen LogP contribution in [-0.2, 0) is 19.6 Å². The summed E-state index contributed by atoms with van der Waals surface area (Å²) in [6.45, 7) is 6.75. The summed E-state index contributed by atoms with van der Waals surface area (Å²) in [5, 5.41) is 3.52. The number of piperidine rings is 1. The van der Waals surface area contributed by atoms with Crippen molar-refractivity contribution < 1.29 is 32.2 Å². The van der Waals surface area contributed by atoms with E-state index in [2.05, 4.69) is 5.32 Å². The molecule has 2 heterocycles. The summed E-state index contributed by atoms with van der Waals surface area (Å²) in [4.78, 5) is 28.5. The van der Waals surface area contributed by atoms with Crippen LogP contribution in [0.2, 0.25) is 5.02 Å². The number of nitrogens with one attached hydrogen (secondary N) is 1. The van der Waals surface area contributed by atoms with E-state index in [1.165, 1.54) is 23.6 Å². The summed E-state index contributed by atoms with van der Waals surface area (Å²) in [6.07, 6.45) is 6.22. The summed E-state index contributed by atoms with van der Waals surface area (Å²) >= 11 is 6.06. The van der Waals surface area contributed by atoms with Crippen LogP contribution in [0.5, 0.6) is 11.5 Å². The maximum Gasteiger partial charge on any atom is 0.407 e. The van der Waals surface area contributed by atoms with Crippen LogP contribution in [0.25, 0.3) is 11.1 Å². The lowest BCUT2D eigenvalue weighted by atomic mass is 9.90. The van der Waals surface area contributed by atoms with Crippen molar-refractivity contribution in [1.82, 2.24) is 14.5 Å². The molecule has 12 heteroatoms. The number of benzene rings is 3. The van der Waals surface area contributed by atoms with Gasteiger partial charge in [-0.05, 0) is 112 Å². The molecule has 3 aromatic carbocycles. The van der Waals surface area contributed by atoms with Crippen molar-refractivity contribution in [1.29, 1.82) is 0 Å². The average Bonchev–Trinajstić information content (AvgIpc) is 3.59. The Balaban J connectivity index is 1.16. The number of carbonyl (C=O) groups excluding carboxylic acids is 2. The number of halogens is 1. The molecule has 1 N–H and O–H groups in total. The van der Waals surface area contributed by atoms with Gasteiger partial charge in [0.25, 0.3) is 0 Å². The SMILES string of the molecule is CC(C)(C)OC(=O)N[C@H]1CCN(C(=O)[C@H]2C[C@@H](Oc3ccc(-c4ccc(Cl)cc4)cc3)CCN2S(=O)(=O)c2ccc(OCC3CCCCC3)cc2)C1. The average molecular weight is 752 g/mol. The maximum absolute atomic E-state index is 14.3. The third-order valence-corrected chi connectivity index (χ3v) is 12.2. The lowest BCUT2D eigenvalue weighted by Gasteiger charge is -2.39. The molecule has 3 atom stereocenters. The van der Waals surface area contributed by atoms with Gasteiger partial charge >= 0.3 is 6.09 Å². The van der Waals surface area contributed by atoms with Gasteiger partial charge < -0.3 is 24.4 Å². The van der Waals surface area contributed by atoms with Gasteiger partial charge in [-0.3, -0.25) is 4.79 Å². The van der Waals surface area contributed by atoms with E-state index in [4.69, 9.17) is 25.8 Å². The largest absolute Gasteiger partial charge is 0.493 e. The molecule has 2 aliphatic heterocycles. The molecule has 10 nitrogen and oxygen atoms in total. The quantitative estimate of drug-likeness (QED) is 0.226. The molecule has 0 radical (unpaired) electrons. The molecular weight excluding hydrogens is 702 g/mol. The number of carbonyl (C=O) groups is 2. The van der Waals surface area contributed by atoms with E-state index in [0.717, 1.165) is 24.0 Å². The van der Waals surface area contributed by atoms with Crippen LogP contribution in [0.3, 0.4) is 0 Å². The lowest BCUT2D eigenvalue weighted by molar-refractivity contribution is -0.136. The third-order valence-electron chi connectivity index (χ3n) is 9.99. The second-order valence-electron chi connectivity index (χ2n) is 15.1.